The van der Waals surface area contributed by atoms with Gasteiger partial charge in [-0.3, -0.25) is 0 Å². The highest BCUT2D eigenvalue weighted by atomic mass is 19.1. The average molecular weight is 277 g/mol. The fourth-order valence-corrected chi connectivity index (χ4v) is 2.03. The fourth-order valence-electron chi connectivity index (χ4n) is 2.03. The summed E-state index contributed by atoms with van der Waals surface area (Å²) in [7, 11) is 0. The van der Waals surface area contributed by atoms with E-state index < -0.39 is 11.8 Å². The van der Waals surface area contributed by atoms with E-state index in [0.29, 0.717) is 17.9 Å². The number of benzene rings is 2. The normalized spacial score (nSPS) is 10.3. The Hall–Kier alpha value is -2.43. The minimum absolute atomic E-state index is 0.129. The lowest BCUT2D eigenvalue weighted by Gasteiger charge is -2.24. The SMILES string of the molecule is CCN(c1ccc(F)cc1)c1ccc(F)cc1C(=O)O. The molecule has 0 radical (unpaired) electrons. The largest absolute Gasteiger partial charge is 0.478 e. The Kier molecular flexibility index (Phi) is 3.98. The Bertz CT molecular complexity index is 626. The van der Waals surface area contributed by atoms with E-state index in [2.05, 4.69) is 0 Å². The molecule has 0 saturated carbocycles. The monoisotopic (exact) mass is 277 g/mol. The summed E-state index contributed by atoms with van der Waals surface area (Å²) in [6, 6.07) is 9.27. The Balaban J connectivity index is 2.51. The maximum atomic E-state index is 13.2. The molecule has 0 aliphatic carbocycles. The van der Waals surface area contributed by atoms with Crippen LogP contribution in [-0.2, 0) is 0 Å². The first-order chi connectivity index (χ1) is 9.52. The van der Waals surface area contributed by atoms with Crippen LogP contribution in [0.4, 0.5) is 20.2 Å². The van der Waals surface area contributed by atoms with Crippen LogP contribution in [0.2, 0.25) is 0 Å². The van der Waals surface area contributed by atoms with Gasteiger partial charge in [0.2, 0.25) is 0 Å². The molecule has 0 spiro atoms. The molecule has 0 heterocycles. The van der Waals surface area contributed by atoms with Gasteiger partial charge in [-0.2, -0.15) is 0 Å². The molecule has 0 fully saturated rings. The molecule has 20 heavy (non-hydrogen) atoms. The highest BCUT2D eigenvalue weighted by Crippen LogP contribution is 2.29. The Morgan fingerprint density at radius 3 is 2.25 bits per heavy atom. The highest BCUT2D eigenvalue weighted by Gasteiger charge is 2.17. The molecule has 3 nitrogen and oxygen atoms in total. The third-order valence-electron chi connectivity index (χ3n) is 2.93. The van der Waals surface area contributed by atoms with Crippen molar-refractivity contribution in [1.82, 2.24) is 0 Å². The molecule has 0 amide bonds. The lowest BCUT2D eigenvalue weighted by molar-refractivity contribution is 0.0697. The standard InChI is InChI=1S/C15H13F2NO2/c1-2-18(12-6-3-10(16)4-7-12)14-8-5-11(17)9-13(14)15(19)20/h3-9H,2H2,1H3,(H,19,20). The van der Waals surface area contributed by atoms with Gasteiger partial charge in [0.05, 0.1) is 11.3 Å². The summed E-state index contributed by atoms with van der Waals surface area (Å²) in [6.07, 6.45) is 0. The molecular formula is C15H13F2NO2. The van der Waals surface area contributed by atoms with Gasteiger partial charge in [0.25, 0.3) is 0 Å². The van der Waals surface area contributed by atoms with Gasteiger partial charge in [-0.05, 0) is 49.4 Å². The molecular weight excluding hydrogens is 264 g/mol. The molecule has 0 saturated heterocycles. The Morgan fingerprint density at radius 2 is 1.70 bits per heavy atom. The van der Waals surface area contributed by atoms with Crippen molar-refractivity contribution in [2.75, 3.05) is 11.4 Å². The molecule has 0 bridgehead atoms. The molecule has 0 atom stereocenters. The van der Waals surface area contributed by atoms with Crippen molar-refractivity contribution < 1.29 is 18.7 Å². The summed E-state index contributed by atoms with van der Waals surface area (Å²) in [4.78, 5) is 12.9. The number of carboxylic acid groups (broad SMARTS) is 1. The second-order valence-electron chi connectivity index (χ2n) is 4.19. The van der Waals surface area contributed by atoms with Gasteiger partial charge in [-0.1, -0.05) is 0 Å². The number of nitrogens with zero attached hydrogens (tertiary/aromatic N) is 1. The molecule has 0 aromatic heterocycles. The van der Waals surface area contributed by atoms with E-state index in [1.54, 1.807) is 17.0 Å². The van der Waals surface area contributed by atoms with Gasteiger partial charge in [0.1, 0.15) is 11.6 Å². The zero-order chi connectivity index (χ0) is 14.7. The number of hydrogen-bond donors (Lipinski definition) is 1. The number of carbonyl (C=O) groups is 1. The quantitative estimate of drug-likeness (QED) is 0.923. The number of rotatable bonds is 4. The third-order valence-corrected chi connectivity index (χ3v) is 2.93. The predicted molar refractivity (Wildman–Crippen MR) is 72.4 cm³/mol. The van der Waals surface area contributed by atoms with Crippen LogP contribution in [0.1, 0.15) is 17.3 Å². The maximum Gasteiger partial charge on any atom is 0.337 e. The van der Waals surface area contributed by atoms with E-state index in [1.807, 2.05) is 6.92 Å². The van der Waals surface area contributed by atoms with Crippen LogP contribution < -0.4 is 4.90 Å². The zero-order valence-corrected chi connectivity index (χ0v) is 10.8. The van der Waals surface area contributed by atoms with E-state index >= 15 is 0 Å². The number of anilines is 2. The van der Waals surface area contributed by atoms with Crippen molar-refractivity contribution in [3.05, 3.63) is 59.7 Å². The number of carboxylic acids is 1. The van der Waals surface area contributed by atoms with Crippen molar-refractivity contribution in [1.29, 1.82) is 0 Å². The lowest BCUT2D eigenvalue weighted by Crippen LogP contribution is -2.19. The minimum Gasteiger partial charge on any atom is -0.478 e. The van der Waals surface area contributed by atoms with Gasteiger partial charge in [0.15, 0.2) is 0 Å². The highest BCUT2D eigenvalue weighted by molar-refractivity contribution is 5.95. The first-order valence-electron chi connectivity index (χ1n) is 6.09. The number of halogens is 2. The summed E-state index contributed by atoms with van der Waals surface area (Å²) in [5.41, 5.74) is 0.882. The van der Waals surface area contributed by atoms with Crippen LogP contribution in [0.15, 0.2) is 42.5 Å². The Morgan fingerprint density at radius 1 is 1.10 bits per heavy atom. The van der Waals surface area contributed by atoms with Gasteiger partial charge in [-0.25, -0.2) is 13.6 Å². The van der Waals surface area contributed by atoms with Gasteiger partial charge < -0.3 is 10.0 Å². The summed E-state index contributed by atoms with van der Waals surface area (Å²) in [6.45, 7) is 2.30. The summed E-state index contributed by atoms with van der Waals surface area (Å²) < 4.78 is 26.2. The second-order valence-corrected chi connectivity index (χ2v) is 4.19. The fraction of sp³-hybridized carbons (Fsp3) is 0.133. The molecule has 5 heteroatoms. The Labute approximate surface area is 115 Å². The van der Waals surface area contributed by atoms with Crippen LogP contribution in [0, 0.1) is 11.6 Å². The molecule has 2 aromatic rings. The summed E-state index contributed by atoms with van der Waals surface area (Å²) in [5.74, 6) is -2.19. The van der Waals surface area contributed by atoms with Crippen LogP contribution in [0.5, 0.6) is 0 Å². The second kappa shape index (κ2) is 5.69. The van der Waals surface area contributed by atoms with E-state index in [-0.39, 0.29) is 11.4 Å². The van der Waals surface area contributed by atoms with Crippen molar-refractivity contribution >= 4 is 17.3 Å². The molecule has 1 N–H and O–H groups in total. The minimum atomic E-state index is -1.21. The van der Waals surface area contributed by atoms with Crippen molar-refractivity contribution in [2.24, 2.45) is 0 Å². The van der Waals surface area contributed by atoms with Crippen molar-refractivity contribution in [2.45, 2.75) is 6.92 Å². The van der Waals surface area contributed by atoms with E-state index in [0.717, 1.165) is 6.07 Å². The summed E-state index contributed by atoms with van der Waals surface area (Å²) >= 11 is 0. The van der Waals surface area contributed by atoms with E-state index in [4.69, 9.17) is 0 Å². The van der Waals surface area contributed by atoms with Crippen molar-refractivity contribution in [3.63, 3.8) is 0 Å². The molecule has 0 unspecified atom stereocenters. The van der Waals surface area contributed by atoms with E-state index in [1.165, 1.54) is 24.3 Å². The molecule has 0 aliphatic rings. The molecule has 2 rings (SSSR count). The topological polar surface area (TPSA) is 40.5 Å². The molecule has 0 aliphatic heterocycles. The summed E-state index contributed by atoms with van der Waals surface area (Å²) in [5, 5.41) is 9.17. The van der Waals surface area contributed by atoms with Crippen LogP contribution >= 0.6 is 0 Å². The lowest BCUT2D eigenvalue weighted by atomic mass is 10.1. The van der Waals surface area contributed by atoms with Crippen LogP contribution in [0.25, 0.3) is 0 Å². The maximum absolute atomic E-state index is 13.2. The first-order valence-corrected chi connectivity index (χ1v) is 6.09. The first kappa shape index (κ1) is 14.0. The van der Waals surface area contributed by atoms with Crippen LogP contribution in [-0.4, -0.2) is 17.6 Å². The van der Waals surface area contributed by atoms with Gasteiger partial charge >= 0.3 is 5.97 Å². The van der Waals surface area contributed by atoms with Crippen LogP contribution in [0.3, 0.4) is 0 Å². The third kappa shape index (κ3) is 2.77. The average Bonchev–Trinajstić information content (AvgIpc) is 2.43. The smallest absolute Gasteiger partial charge is 0.337 e. The number of hydrogen-bond acceptors (Lipinski definition) is 2. The van der Waals surface area contributed by atoms with Gasteiger partial charge in [0, 0.05) is 12.2 Å². The number of aromatic carboxylic acids is 1. The predicted octanol–water partition coefficient (Wildman–Crippen LogP) is 3.82. The zero-order valence-electron chi connectivity index (χ0n) is 10.8. The van der Waals surface area contributed by atoms with Crippen molar-refractivity contribution in [3.8, 4) is 0 Å². The molecule has 104 valence electrons. The van der Waals surface area contributed by atoms with Gasteiger partial charge in [-0.15, -0.1) is 0 Å². The van der Waals surface area contributed by atoms with E-state index in [9.17, 15) is 18.7 Å². The molecule has 2 aromatic carbocycles.